The third-order valence-electron chi connectivity index (χ3n) is 3.76. The molecule has 5 heteroatoms. The van der Waals surface area contributed by atoms with Gasteiger partial charge in [0.25, 0.3) is 0 Å². The molecule has 1 N–H and O–H groups in total. The first-order chi connectivity index (χ1) is 12.3. The SMILES string of the molecule is COc1cc(CNCc2cccs2)c(Br)cc1OCc1ccccc1. The number of ether oxygens (including phenoxy) is 2. The minimum absolute atomic E-state index is 0.514. The van der Waals surface area contributed by atoms with Crippen LogP contribution in [0.1, 0.15) is 16.0 Å². The van der Waals surface area contributed by atoms with E-state index in [4.69, 9.17) is 9.47 Å². The summed E-state index contributed by atoms with van der Waals surface area (Å²) in [6.07, 6.45) is 0. The van der Waals surface area contributed by atoms with Crippen molar-refractivity contribution in [3.63, 3.8) is 0 Å². The van der Waals surface area contributed by atoms with E-state index in [0.29, 0.717) is 6.61 Å². The second-order valence-corrected chi connectivity index (χ2v) is 7.44. The Hall–Kier alpha value is -1.82. The summed E-state index contributed by atoms with van der Waals surface area (Å²) < 4.78 is 12.5. The van der Waals surface area contributed by atoms with Crippen LogP contribution in [0, 0.1) is 0 Å². The van der Waals surface area contributed by atoms with Gasteiger partial charge in [0.2, 0.25) is 0 Å². The van der Waals surface area contributed by atoms with Crippen molar-refractivity contribution in [3.8, 4) is 11.5 Å². The molecule has 2 aromatic carbocycles. The monoisotopic (exact) mass is 417 g/mol. The average Bonchev–Trinajstić information content (AvgIpc) is 3.15. The van der Waals surface area contributed by atoms with E-state index in [0.717, 1.165) is 40.2 Å². The van der Waals surface area contributed by atoms with Crippen molar-refractivity contribution in [2.45, 2.75) is 19.7 Å². The molecule has 0 bridgehead atoms. The molecule has 0 aliphatic rings. The largest absolute Gasteiger partial charge is 0.493 e. The summed E-state index contributed by atoms with van der Waals surface area (Å²) in [5.74, 6) is 1.48. The lowest BCUT2D eigenvalue weighted by atomic mass is 10.2. The molecule has 0 aliphatic carbocycles. The van der Waals surface area contributed by atoms with Gasteiger partial charge in [0.15, 0.2) is 11.5 Å². The number of halogens is 1. The van der Waals surface area contributed by atoms with Gasteiger partial charge in [0, 0.05) is 22.4 Å². The zero-order chi connectivity index (χ0) is 17.5. The first kappa shape index (κ1) is 18.0. The highest BCUT2D eigenvalue weighted by molar-refractivity contribution is 9.10. The fourth-order valence-corrected chi connectivity index (χ4v) is 3.59. The van der Waals surface area contributed by atoms with Crippen LogP contribution in [0.5, 0.6) is 11.5 Å². The molecule has 25 heavy (non-hydrogen) atoms. The minimum Gasteiger partial charge on any atom is -0.493 e. The molecule has 3 rings (SSSR count). The summed E-state index contributed by atoms with van der Waals surface area (Å²) in [6.45, 7) is 2.13. The number of hydrogen-bond donors (Lipinski definition) is 1. The number of nitrogens with one attached hydrogen (secondary N) is 1. The van der Waals surface area contributed by atoms with Crippen molar-refractivity contribution in [2.75, 3.05) is 7.11 Å². The number of benzene rings is 2. The summed E-state index contributed by atoms with van der Waals surface area (Å²) in [5.41, 5.74) is 2.27. The van der Waals surface area contributed by atoms with E-state index in [2.05, 4.69) is 38.8 Å². The second kappa shape index (κ2) is 9.04. The van der Waals surface area contributed by atoms with Gasteiger partial charge in [-0.05, 0) is 34.7 Å². The Labute approximate surface area is 160 Å². The smallest absolute Gasteiger partial charge is 0.162 e. The van der Waals surface area contributed by atoms with Gasteiger partial charge in [-0.25, -0.2) is 0 Å². The molecule has 0 saturated carbocycles. The molecule has 0 spiro atoms. The van der Waals surface area contributed by atoms with Crippen LogP contribution in [-0.4, -0.2) is 7.11 Å². The van der Waals surface area contributed by atoms with E-state index >= 15 is 0 Å². The highest BCUT2D eigenvalue weighted by Crippen LogP contribution is 2.34. The van der Waals surface area contributed by atoms with Crippen LogP contribution in [0.25, 0.3) is 0 Å². The van der Waals surface area contributed by atoms with Gasteiger partial charge in [-0.1, -0.05) is 52.3 Å². The fourth-order valence-electron chi connectivity index (χ4n) is 2.45. The van der Waals surface area contributed by atoms with Crippen molar-refractivity contribution in [1.29, 1.82) is 0 Å². The topological polar surface area (TPSA) is 30.5 Å². The van der Waals surface area contributed by atoms with Crippen molar-refractivity contribution in [1.82, 2.24) is 5.32 Å². The Kier molecular flexibility index (Phi) is 6.50. The molecule has 0 radical (unpaired) electrons. The van der Waals surface area contributed by atoms with Gasteiger partial charge in [-0.2, -0.15) is 0 Å². The number of thiophene rings is 1. The molecule has 130 valence electrons. The Balaban J connectivity index is 1.65. The van der Waals surface area contributed by atoms with Gasteiger partial charge in [0.1, 0.15) is 6.61 Å². The fraction of sp³-hybridized carbons (Fsp3) is 0.200. The van der Waals surface area contributed by atoms with Gasteiger partial charge < -0.3 is 14.8 Å². The van der Waals surface area contributed by atoms with Gasteiger partial charge in [-0.3, -0.25) is 0 Å². The maximum Gasteiger partial charge on any atom is 0.162 e. The molecular weight excluding hydrogens is 398 g/mol. The third-order valence-corrected chi connectivity index (χ3v) is 5.38. The molecule has 0 atom stereocenters. The first-order valence-electron chi connectivity index (χ1n) is 8.02. The normalized spacial score (nSPS) is 10.6. The van der Waals surface area contributed by atoms with Crippen molar-refractivity contribution in [2.24, 2.45) is 0 Å². The van der Waals surface area contributed by atoms with Gasteiger partial charge in [0.05, 0.1) is 7.11 Å². The van der Waals surface area contributed by atoms with E-state index in [1.807, 2.05) is 42.5 Å². The Bertz CT molecular complexity index is 791. The maximum absolute atomic E-state index is 5.94. The molecule has 0 unspecified atom stereocenters. The molecule has 1 heterocycles. The lowest BCUT2D eigenvalue weighted by molar-refractivity contribution is 0.284. The lowest BCUT2D eigenvalue weighted by Gasteiger charge is -2.14. The lowest BCUT2D eigenvalue weighted by Crippen LogP contribution is -2.12. The van der Waals surface area contributed by atoms with Crippen LogP contribution in [0.2, 0.25) is 0 Å². The van der Waals surface area contributed by atoms with Crippen LogP contribution in [-0.2, 0) is 19.7 Å². The number of hydrogen-bond acceptors (Lipinski definition) is 4. The summed E-state index contributed by atoms with van der Waals surface area (Å²) in [5, 5.41) is 5.55. The third kappa shape index (κ3) is 5.08. The second-order valence-electron chi connectivity index (χ2n) is 5.55. The van der Waals surface area contributed by atoms with E-state index in [9.17, 15) is 0 Å². The molecule has 3 aromatic rings. The maximum atomic E-state index is 5.94. The molecule has 0 aliphatic heterocycles. The van der Waals surface area contributed by atoms with Crippen LogP contribution >= 0.6 is 27.3 Å². The highest BCUT2D eigenvalue weighted by Gasteiger charge is 2.11. The zero-order valence-electron chi connectivity index (χ0n) is 14.0. The Morgan fingerprint density at radius 3 is 2.56 bits per heavy atom. The average molecular weight is 418 g/mol. The molecule has 0 saturated heterocycles. The molecule has 3 nitrogen and oxygen atoms in total. The predicted octanol–water partition coefficient (Wildman–Crippen LogP) is 5.39. The van der Waals surface area contributed by atoms with E-state index in [-0.39, 0.29) is 0 Å². The summed E-state index contributed by atoms with van der Waals surface area (Å²) in [6, 6.07) is 18.3. The molecular formula is C20H20BrNO2S. The number of rotatable bonds is 8. The quantitative estimate of drug-likeness (QED) is 0.532. The molecule has 1 aromatic heterocycles. The Morgan fingerprint density at radius 1 is 1.00 bits per heavy atom. The van der Waals surface area contributed by atoms with E-state index < -0.39 is 0 Å². The molecule has 0 amide bonds. The first-order valence-corrected chi connectivity index (χ1v) is 9.70. The standard InChI is InChI=1S/C20H20BrNO2S/c1-23-19-10-16(12-22-13-17-8-5-9-25-17)18(21)11-20(19)24-14-15-6-3-2-4-7-15/h2-11,22H,12-14H2,1H3. The minimum atomic E-state index is 0.514. The van der Waals surface area contributed by atoms with Crippen molar-refractivity contribution >= 4 is 27.3 Å². The summed E-state index contributed by atoms with van der Waals surface area (Å²) in [4.78, 5) is 1.32. The number of methoxy groups -OCH3 is 1. The predicted molar refractivity (Wildman–Crippen MR) is 106 cm³/mol. The van der Waals surface area contributed by atoms with Gasteiger partial charge >= 0.3 is 0 Å². The highest BCUT2D eigenvalue weighted by atomic mass is 79.9. The van der Waals surface area contributed by atoms with Crippen LogP contribution in [0.3, 0.4) is 0 Å². The van der Waals surface area contributed by atoms with Crippen LogP contribution in [0.15, 0.2) is 64.5 Å². The van der Waals surface area contributed by atoms with Crippen molar-refractivity contribution in [3.05, 3.63) is 80.5 Å². The van der Waals surface area contributed by atoms with E-state index in [1.165, 1.54) is 4.88 Å². The molecule has 0 fully saturated rings. The zero-order valence-corrected chi connectivity index (χ0v) is 16.4. The Morgan fingerprint density at radius 2 is 1.84 bits per heavy atom. The van der Waals surface area contributed by atoms with Gasteiger partial charge in [-0.15, -0.1) is 11.3 Å². The van der Waals surface area contributed by atoms with Crippen molar-refractivity contribution < 1.29 is 9.47 Å². The summed E-state index contributed by atoms with van der Waals surface area (Å²) >= 11 is 5.40. The van der Waals surface area contributed by atoms with Crippen LogP contribution < -0.4 is 14.8 Å². The van der Waals surface area contributed by atoms with E-state index in [1.54, 1.807) is 18.4 Å². The van der Waals surface area contributed by atoms with Crippen LogP contribution in [0.4, 0.5) is 0 Å². The summed E-state index contributed by atoms with van der Waals surface area (Å²) in [7, 11) is 1.67.